The summed E-state index contributed by atoms with van der Waals surface area (Å²) in [6, 6.07) is 16.1. The van der Waals surface area contributed by atoms with E-state index in [1.54, 1.807) is 44.2 Å². The summed E-state index contributed by atoms with van der Waals surface area (Å²) >= 11 is 0.959. The fraction of sp³-hybridized carbons (Fsp3) is 0.174. The molecule has 0 saturated carbocycles. The van der Waals surface area contributed by atoms with Crippen molar-refractivity contribution in [2.24, 2.45) is 0 Å². The molecule has 0 aliphatic heterocycles. The Bertz CT molecular complexity index is 1320. The predicted molar refractivity (Wildman–Crippen MR) is 126 cm³/mol. The molecule has 8 nitrogen and oxygen atoms in total. The second-order valence-corrected chi connectivity index (χ2v) is 9.87. The fourth-order valence-corrected chi connectivity index (χ4v) is 5.26. The summed E-state index contributed by atoms with van der Waals surface area (Å²) in [6.45, 7) is 3.48. The van der Waals surface area contributed by atoms with Gasteiger partial charge in [-0.1, -0.05) is 18.2 Å². The molecule has 0 bridgehead atoms. The first-order valence-electron chi connectivity index (χ1n) is 9.86. The SMILES string of the molecule is CCOC(=O)c1sc(NC(=O)c2ccc(S(=O)(=O)N(C)c3ccccc3)cc2)c(C#N)c1C. The molecule has 1 heterocycles. The normalized spacial score (nSPS) is 10.8. The standard InChI is InChI=1S/C23H21N3O5S2/c1-4-31-23(28)20-15(2)19(14-24)22(32-20)25-21(27)16-10-12-18(13-11-16)33(29,30)26(3)17-8-6-5-7-9-17/h5-13H,4H2,1-3H3,(H,25,27). The number of nitrogens with one attached hydrogen (secondary N) is 1. The van der Waals surface area contributed by atoms with Crippen molar-refractivity contribution in [1.82, 2.24) is 0 Å². The molecule has 0 fully saturated rings. The fourth-order valence-electron chi connectivity index (χ4n) is 3.02. The number of hydrogen-bond donors (Lipinski definition) is 1. The third-order valence-corrected chi connectivity index (χ3v) is 7.83. The van der Waals surface area contributed by atoms with Crippen LogP contribution >= 0.6 is 11.3 Å². The van der Waals surface area contributed by atoms with Gasteiger partial charge in [0.25, 0.3) is 15.9 Å². The molecule has 0 atom stereocenters. The minimum atomic E-state index is -3.81. The van der Waals surface area contributed by atoms with Gasteiger partial charge in [-0.3, -0.25) is 9.10 Å². The van der Waals surface area contributed by atoms with E-state index in [4.69, 9.17) is 4.74 Å². The Kier molecular flexibility index (Phi) is 7.16. The predicted octanol–water partition coefficient (Wildman–Crippen LogP) is 4.18. The molecule has 0 unspecified atom stereocenters. The summed E-state index contributed by atoms with van der Waals surface area (Å²) in [5.74, 6) is -1.10. The second-order valence-electron chi connectivity index (χ2n) is 6.88. The zero-order valence-corrected chi connectivity index (χ0v) is 19.8. The lowest BCUT2D eigenvalue weighted by molar-refractivity contribution is 0.0531. The highest BCUT2D eigenvalue weighted by molar-refractivity contribution is 7.92. The molecule has 170 valence electrons. The van der Waals surface area contributed by atoms with Gasteiger partial charge in [0.05, 0.1) is 22.8 Å². The summed E-state index contributed by atoms with van der Waals surface area (Å²) in [5.41, 5.74) is 1.32. The first-order chi connectivity index (χ1) is 15.7. The summed E-state index contributed by atoms with van der Waals surface area (Å²) in [5, 5.41) is 12.3. The van der Waals surface area contributed by atoms with Crippen LogP contribution in [0.25, 0.3) is 0 Å². The molecule has 2 aromatic carbocycles. The molecule has 0 spiro atoms. The Morgan fingerprint density at radius 2 is 1.76 bits per heavy atom. The van der Waals surface area contributed by atoms with Crippen LogP contribution in [0.3, 0.4) is 0 Å². The first-order valence-corrected chi connectivity index (χ1v) is 12.1. The van der Waals surface area contributed by atoms with Crippen LogP contribution < -0.4 is 9.62 Å². The zero-order chi connectivity index (χ0) is 24.2. The van der Waals surface area contributed by atoms with E-state index in [9.17, 15) is 23.3 Å². The Morgan fingerprint density at radius 3 is 2.33 bits per heavy atom. The molecule has 1 N–H and O–H groups in total. The Labute approximate surface area is 196 Å². The van der Waals surface area contributed by atoms with Crippen molar-refractivity contribution in [3.63, 3.8) is 0 Å². The van der Waals surface area contributed by atoms with Crippen LogP contribution in [0.5, 0.6) is 0 Å². The lowest BCUT2D eigenvalue weighted by atomic mass is 10.1. The van der Waals surface area contributed by atoms with Crippen molar-refractivity contribution in [2.45, 2.75) is 18.7 Å². The highest BCUT2D eigenvalue weighted by Crippen LogP contribution is 2.33. The maximum absolute atomic E-state index is 12.9. The number of carbonyl (C=O) groups excluding carboxylic acids is 2. The minimum Gasteiger partial charge on any atom is -0.462 e. The van der Waals surface area contributed by atoms with Crippen LogP contribution in [0.2, 0.25) is 0 Å². The number of nitriles is 1. The summed E-state index contributed by atoms with van der Waals surface area (Å²) in [4.78, 5) is 25.1. The number of amides is 1. The maximum Gasteiger partial charge on any atom is 0.348 e. The van der Waals surface area contributed by atoms with E-state index in [2.05, 4.69) is 5.32 Å². The second kappa shape index (κ2) is 9.85. The van der Waals surface area contributed by atoms with E-state index in [1.165, 1.54) is 31.3 Å². The quantitative estimate of drug-likeness (QED) is 0.504. The number of sulfonamides is 1. The van der Waals surface area contributed by atoms with Gasteiger partial charge in [-0.15, -0.1) is 11.3 Å². The summed E-state index contributed by atoms with van der Waals surface area (Å²) in [6.07, 6.45) is 0. The Balaban J connectivity index is 1.82. The third-order valence-electron chi connectivity index (χ3n) is 4.84. The van der Waals surface area contributed by atoms with Gasteiger partial charge in [-0.2, -0.15) is 5.26 Å². The number of anilines is 2. The number of benzene rings is 2. The van der Waals surface area contributed by atoms with Gasteiger partial charge >= 0.3 is 5.97 Å². The lowest BCUT2D eigenvalue weighted by Crippen LogP contribution is -2.26. The number of esters is 1. The number of thiophene rings is 1. The van der Waals surface area contributed by atoms with Crippen LogP contribution in [-0.4, -0.2) is 33.9 Å². The summed E-state index contributed by atoms with van der Waals surface area (Å²) in [7, 11) is -2.36. The van der Waals surface area contributed by atoms with Gasteiger partial charge in [0.1, 0.15) is 15.9 Å². The Hall–Kier alpha value is -3.68. The van der Waals surface area contributed by atoms with Crippen molar-refractivity contribution in [3.8, 4) is 6.07 Å². The van der Waals surface area contributed by atoms with Crippen molar-refractivity contribution in [3.05, 3.63) is 76.2 Å². The molecule has 0 radical (unpaired) electrons. The van der Waals surface area contributed by atoms with Crippen molar-refractivity contribution in [1.29, 1.82) is 5.26 Å². The zero-order valence-electron chi connectivity index (χ0n) is 18.2. The van der Waals surface area contributed by atoms with Gasteiger partial charge in [0.2, 0.25) is 0 Å². The lowest BCUT2D eigenvalue weighted by Gasteiger charge is -2.19. The molecule has 1 aromatic heterocycles. The van der Waals surface area contributed by atoms with Crippen LogP contribution in [0.4, 0.5) is 10.7 Å². The van der Waals surface area contributed by atoms with Gasteiger partial charge < -0.3 is 10.1 Å². The number of ether oxygens (including phenoxy) is 1. The molecule has 3 aromatic rings. The van der Waals surface area contributed by atoms with E-state index in [-0.39, 0.29) is 32.5 Å². The molecular formula is C23H21N3O5S2. The van der Waals surface area contributed by atoms with Gasteiger partial charge in [-0.05, 0) is 55.8 Å². The number of para-hydroxylation sites is 1. The van der Waals surface area contributed by atoms with Crippen LogP contribution in [0.15, 0.2) is 59.5 Å². The molecular weight excluding hydrogens is 462 g/mol. The highest BCUT2D eigenvalue weighted by atomic mass is 32.2. The van der Waals surface area contributed by atoms with E-state index in [1.807, 2.05) is 6.07 Å². The largest absolute Gasteiger partial charge is 0.462 e. The van der Waals surface area contributed by atoms with E-state index in [0.717, 1.165) is 15.6 Å². The highest BCUT2D eigenvalue weighted by Gasteiger charge is 2.24. The van der Waals surface area contributed by atoms with Crippen LogP contribution in [0.1, 0.15) is 38.1 Å². The molecule has 1 amide bonds. The topological polar surface area (TPSA) is 117 Å². The first kappa shape index (κ1) is 24.0. The number of rotatable bonds is 7. The number of carbonyl (C=O) groups is 2. The van der Waals surface area contributed by atoms with Crippen molar-refractivity contribution >= 4 is 43.9 Å². The molecule has 3 rings (SSSR count). The van der Waals surface area contributed by atoms with Gasteiger partial charge in [0.15, 0.2) is 0 Å². The summed E-state index contributed by atoms with van der Waals surface area (Å²) < 4.78 is 31.9. The molecule has 0 aliphatic carbocycles. The van der Waals surface area contributed by atoms with E-state index < -0.39 is 21.9 Å². The van der Waals surface area contributed by atoms with Gasteiger partial charge in [0, 0.05) is 12.6 Å². The Morgan fingerprint density at radius 1 is 1.12 bits per heavy atom. The van der Waals surface area contributed by atoms with Crippen molar-refractivity contribution in [2.75, 3.05) is 23.3 Å². The van der Waals surface area contributed by atoms with Crippen LogP contribution in [-0.2, 0) is 14.8 Å². The monoisotopic (exact) mass is 483 g/mol. The maximum atomic E-state index is 12.9. The number of nitrogens with zero attached hydrogens (tertiary/aromatic N) is 2. The smallest absolute Gasteiger partial charge is 0.348 e. The average Bonchev–Trinajstić information content (AvgIpc) is 3.14. The molecule has 0 saturated heterocycles. The molecule has 33 heavy (non-hydrogen) atoms. The van der Waals surface area contributed by atoms with E-state index >= 15 is 0 Å². The van der Waals surface area contributed by atoms with Crippen LogP contribution in [0, 0.1) is 18.3 Å². The van der Waals surface area contributed by atoms with E-state index in [0.29, 0.717) is 11.3 Å². The van der Waals surface area contributed by atoms with Crippen molar-refractivity contribution < 1.29 is 22.7 Å². The molecule has 10 heteroatoms. The third kappa shape index (κ3) is 4.89. The number of hydrogen-bond acceptors (Lipinski definition) is 7. The molecule has 0 aliphatic rings. The minimum absolute atomic E-state index is 0.0275. The van der Waals surface area contributed by atoms with Gasteiger partial charge in [-0.25, -0.2) is 13.2 Å². The average molecular weight is 484 g/mol.